The summed E-state index contributed by atoms with van der Waals surface area (Å²) in [4.78, 5) is 0. The molecule has 0 bridgehead atoms. The molecule has 1 unspecified atom stereocenters. The number of rotatable bonds is 7. The summed E-state index contributed by atoms with van der Waals surface area (Å²) < 4.78 is 22.7. The third-order valence-corrected chi connectivity index (χ3v) is 5.22. The Balaban J connectivity index is 1.91. The molecule has 0 aliphatic carbocycles. The van der Waals surface area contributed by atoms with E-state index in [1.165, 1.54) is 0 Å². The number of nitrogens with two attached hydrogens (primary N) is 1. The fourth-order valence-corrected chi connectivity index (χ4v) is 3.88. The molecule has 4 rings (SSSR count). The van der Waals surface area contributed by atoms with Crippen LogP contribution in [0.4, 0.5) is 0 Å². The molecule has 0 amide bonds. The van der Waals surface area contributed by atoms with Gasteiger partial charge in [-0.15, -0.1) is 5.10 Å². The predicted molar refractivity (Wildman–Crippen MR) is 119 cm³/mol. The van der Waals surface area contributed by atoms with E-state index < -0.39 is 5.92 Å². The predicted octanol–water partition coefficient (Wildman–Crippen LogP) is 4.10. The van der Waals surface area contributed by atoms with E-state index in [1.807, 2.05) is 56.3 Å². The largest absolute Gasteiger partial charge is 0.494 e. The van der Waals surface area contributed by atoms with Gasteiger partial charge in [0.15, 0.2) is 11.5 Å². The Labute approximate surface area is 186 Å². The molecule has 1 atom stereocenters. The average Bonchev–Trinajstić information content (AvgIpc) is 3.22. The second-order valence-corrected chi connectivity index (χ2v) is 7.01. The Kier molecular flexibility index (Phi) is 5.90. The van der Waals surface area contributed by atoms with E-state index in [0.717, 1.165) is 11.1 Å². The van der Waals surface area contributed by atoms with Crippen LogP contribution in [-0.2, 0) is 0 Å². The van der Waals surface area contributed by atoms with Crippen molar-refractivity contribution < 1.29 is 18.9 Å². The molecule has 0 fully saturated rings. The van der Waals surface area contributed by atoms with E-state index in [0.29, 0.717) is 53.2 Å². The molecule has 2 heterocycles. The monoisotopic (exact) mass is 432 g/mol. The number of allylic oxidation sites excluding steroid dienone is 1. The molecule has 3 aromatic rings. The normalized spacial score (nSPS) is 14.9. The molecule has 3 N–H and O–H groups in total. The maximum atomic E-state index is 9.94. The summed E-state index contributed by atoms with van der Waals surface area (Å²) in [7, 11) is 1.59. The van der Waals surface area contributed by atoms with Gasteiger partial charge < -0.3 is 24.7 Å². The number of aromatic nitrogens is 2. The standard InChI is InChI=1S/C24H24N4O4/c1-4-30-17-9-7-6-8-15(17)20-16(13-25)23(26)32-24-21(20)22(27-28-24)14-10-11-18(31-5-2)19(12-14)29-3/h6-12,20H,4-5,26H2,1-3H3,(H,27,28). The fraction of sp³-hybridized carbons (Fsp3) is 0.250. The summed E-state index contributed by atoms with van der Waals surface area (Å²) >= 11 is 0. The van der Waals surface area contributed by atoms with Crippen molar-refractivity contribution in [3.63, 3.8) is 0 Å². The number of hydrogen-bond donors (Lipinski definition) is 2. The Morgan fingerprint density at radius 1 is 1.09 bits per heavy atom. The van der Waals surface area contributed by atoms with Crippen LogP contribution in [0.1, 0.15) is 30.9 Å². The molecule has 164 valence electrons. The van der Waals surface area contributed by atoms with Gasteiger partial charge in [0, 0.05) is 11.1 Å². The number of aromatic amines is 1. The second kappa shape index (κ2) is 8.94. The highest BCUT2D eigenvalue weighted by atomic mass is 16.5. The van der Waals surface area contributed by atoms with Crippen LogP contribution in [0.15, 0.2) is 53.9 Å². The van der Waals surface area contributed by atoms with Gasteiger partial charge in [-0.25, -0.2) is 0 Å². The molecule has 0 saturated carbocycles. The first-order chi connectivity index (χ1) is 15.6. The number of H-pyrrole nitrogens is 1. The quantitative estimate of drug-likeness (QED) is 0.577. The lowest BCUT2D eigenvalue weighted by Gasteiger charge is -2.25. The maximum absolute atomic E-state index is 9.94. The molecule has 0 radical (unpaired) electrons. The van der Waals surface area contributed by atoms with Crippen molar-refractivity contribution in [1.82, 2.24) is 10.2 Å². The highest BCUT2D eigenvalue weighted by molar-refractivity contribution is 5.73. The van der Waals surface area contributed by atoms with E-state index in [2.05, 4.69) is 16.3 Å². The SMILES string of the molecule is CCOc1ccc(-c2[nH]nc3c2C(c2ccccc2OCC)C(C#N)=C(N)O3)cc1OC. The number of ether oxygens (including phenoxy) is 4. The summed E-state index contributed by atoms with van der Waals surface area (Å²) in [5.74, 6) is 1.73. The van der Waals surface area contributed by atoms with Gasteiger partial charge >= 0.3 is 0 Å². The Hall–Kier alpha value is -4.12. The minimum Gasteiger partial charge on any atom is -0.494 e. The van der Waals surface area contributed by atoms with Gasteiger partial charge in [0.1, 0.15) is 17.4 Å². The number of methoxy groups -OCH3 is 1. The number of nitriles is 1. The summed E-state index contributed by atoms with van der Waals surface area (Å²) in [5, 5.41) is 17.3. The fourth-order valence-electron chi connectivity index (χ4n) is 3.88. The third kappa shape index (κ3) is 3.58. The minimum absolute atomic E-state index is 0.0265. The summed E-state index contributed by atoms with van der Waals surface area (Å²) in [6.45, 7) is 4.84. The Morgan fingerprint density at radius 3 is 2.56 bits per heavy atom. The van der Waals surface area contributed by atoms with Crippen LogP contribution >= 0.6 is 0 Å². The molecule has 8 nitrogen and oxygen atoms in total. The molecule has 1 aliphatic rings. The molecule has 0 spiro atoms. The number of hydrogen-bond acceptors (Lipinski definition) is 7. The molecule has 8 heteroatoms. The lowest BCUT2D eigenvalue weighted by atomic mass is 9.82. The van der Waals surface area contributed by atoms with Gasteiger partial charge in [-0.1, -0.05) is 18.2 Å². The molecule has 1 aliphatic heterocycles. The lowest BCUT2D eigenvalue weighted by molar-refractivity contribution is 0.311. The molecular weight excluding hydrogens is 408 g/mol. The zero-order chi connectivity index (χ0) is 22.7. The highest BCUT2D eigenvalue weighted by Gasteiger charge is 2.37. The number of nitrogens with one attached hydrogen (secondary N) is 1. The van der Waals surface area contributed by atoms with Gasteiger partial charge in [0.25, 0.3) is 0 Å². The van der Waals surface area contributed by atoms with Crippen molar-refractivity contribution in [2.24, 2.45) is 5.73 Å². The van der Waals surface area contributed by atoms with Crippen LogP contribution in [-0.4, -0.2) is 30.5 Å². The Bertz CT molecular complexity index is 1210. The first-order valence-corrected chi connectivity index (χ1v) is 10.3. The van der Waals surface area contributed by atoms with Crippen LogP contribution in [0.5, 0.6) is 23.1 Å². The van der Waals surface area contributed by atoms with Crippen LogP contribution in [0.2, 0.25) is 0 Å². The topological polar surface area (TPSA) is 115 Å². The van der Waals surface area contributed by atoms with Crippen LogP contribution in [0, 0.1) is 11.3 Å². The van der Waals surface area contributed by atoms with Gasteiger partial charge in [0.05, 0.1) is 37.5 Å². The third-order valence-electron chi connectivity index (χ3n) is 5.22. The zero-order valence-corrected chi connectivity index (χ0v) is 18.1. The minimum atomic E-state index is -0.516. The van der Waals surface area contributed by atoms with E-state index in [1.54, 1.807) is 7.11 Å². The van der Waals surface area contributed by atoms with Gasteiger partial charge in [-0.05, 0) is 38.1 Å². The number of benzene rings is 2. The molecule has 32 heavy (non-hydrogen) atoms. The molecular formula is C24H24N4O4. The van der Waals surface area contributed by atoms with E-state index in [-0.39, 0.29) is 5.88 Å². The van der Waals surface area contributed by atoms with E-state index >= 15 is 0 Å². The van der Waals surface area contributed by atoms with Crippen LogP contribution in [0.25, 0.3) is 11.3 Å². The highest BCUT2D eigenvalue weighted by Crippen LogP contribution is 2.48. The summed E-state index contributed by atoms with van der Waals surface area (Å²) in [6, 6.07) is 15.4. The van der Waals surface area contributed by atoms with Crippen LogP contribution < -0.4 is 24.7 Å². The average molecular weight is 432 g/mol. The first-order valence-electron chi connectivity index (χ1n) is 10.3. The van der Waals surface area contributed by atoms with Gasteiger partial charge in [-0.2, -0.15) is 5.26 Å². The Morgan fingerprint density at radius 2 is 1.84 bits per heavy atom. The van der Waals surface area contributed by atoms with Crippen molar-refractivity contribution in [1.29, 1.82) is 5.26 Å². The summed E-state index contributed by atoms with van der Waals surface area (Å²) in [6.07, 6.45) is 0. The van der Waals surface area contributed by atoms with E-state index in [4.69, 9.17) is 24.7 Å². The number of fused-ring (bicyclic) bond motifs is 1. The molecule has 0 saturated heterocycles. The number of para-hydroxylation sites is 1. The van der Waals surface area contributed by atoms with Crippen molar-refractivity contribution in [3.8, 4) is 40.5 Å². The van der Waals surface area contributed by atoms with Crippen molar-refractivity contribution in [2.45, 2.75) is 19.8 Å². The first kappa shape index (κ1) is 21.1. The van der Waals surface area contributed by atoms with Crippen molar-refractivity contribution in [3.05, 3.63) is 65.0 Å². The maximum Gasteiger partial charge on any atom is 0.244 e. The molecule has 2 aromatic carbocycles. The smallest absolute Gasteiger partial charge is 0.244 e. The van der Waals surface area contributed by atoms with E-state index in [9.17, 15) is 5.26 Å². The van der Waals surface area contributed by atoms with Gasteiger partial charge in [0.2, 0.25) is 11.8 Å². The van der Waals surface area contributed by atoms with Crippen molar-refractivity contribution in [2.75, 3.05) is 20.3 Å². The number of nitrogens with zero attached hydrogens (tertiary/aromatic N) is 2. The van der Waals surface area contributed by atoms with Crippen LogP contribution in [0.3, 0.4) is 0 Å². The zero-order valence-electron chi connectivity index (χ0n) is 18.1. The van der Waals surface area contributed by atoms with Crippen molar-refractivity contribution >= 4 is 0 Å². The molecule has 1 aromatic heterocycles. The summed E-state index contributed by atoms with van der Waals surface area (Å²) in [5.41, 5.74) is 9.41. The lowest BCUT2D eigenvalue weighted by Crippen LogP contribution is -2.21. The second-order valence-electron chi connectivity index (χ2n) is 7.01. The van der Waals surface area contributed by atoms with Gasteiger partial charge in [-0.3, -0.25) is 5.10 Å².